The molecule has 0 aromatic carbocycles. The van der Waals surface area contributed by atoms with Crippen molar-refractivity contribution >= 4 is 5.97 Å². The molecular weight excluding hydrogens is 210 g/mol. The maximum Gasteiger partial charge on any atom is 0.312 e. The summed E-state index contributed by atoms with van der Waals surface area (Å²) in [6.45, 7) is 1.87. The van der Waals surface area contributed by atoms with E-state index in [1.165, 1.54) is 0 Å². The first kappa shape index (κ1) is 10.3. The minimum Gasteiger partial charge on any atom is -0.481 e. The van der Waals surface area contributed by atoms with Gasteiger partial charge < -0.3 is 9.63 Å². The number of rotatable bonds is 3. The minimum absolute atomic E-state index is 0.0960. The molecule has 2 rings (SSSR count). The monoisotopic (exact) mass is 219 g/mol. The van der Waals surface area contributed by atoms with Crippen molar-refractivity contribution in [2.45, 2.75) is 13.3 Å². The zero-order chi connectivity index (χ0) is 11.5. The van der Waals surface area contributed by atoms with Gasteiger partial charge in [0.1, 0.15) is 6.42 Å². The highest BCUT2D eigenvalue weighted by atomic mass is 16.5. The second kappa shape index (κ2) is 4.09. The standard InChI is InChI=1S/C10H9N3O3/c1-6-5-11-3-2-7(6)10-12-8(16-13-10)4-9(14)15/h2-3,5H,4H2,1H3,(H,14,15). The van der Waals surface area contributed by atoms with Gasteiger partial charge in [0, 0.05) is 18.0 Å². The summed E-state index contributed by atoms with van der Waals surface area (Å²) >= 11 is 0. The van der Waals surface area contributed by atoms with E-state index in [1.807, 2.05) is 6.92 Å². The van der Waals surface area contributed by atoms with Crippen molar-refractivity contribution in [1.82, 2.24) is 15.1 Å². The third-order valence-corrected chi connectivity index (χ3v) is 2.03. The van der Waals surface area contributed by atoms with Crippen molar-refractivity contribution in [3.8, 4) is 11.4 Å². The molecule has 0 unspecified atom stereocenters. The molecule has 0 aliphatic carbocycles. The summed E-state index contributed by atoms with van der Waals surface area (Å²) in [5.41, 5.74) is 1.69. The van der Waals surface area contributed by atoms with Gasteiger partial charge >= 0.3 is 5.97 Å². The first-order chi connectivity index (χ1) is 7.66. The average molecular weight is 219 g/mol. The molecule has 0 atom stereocenters. The van der Waals surface area contributed by atoms with Crippen LogP contribution in [0.4, 0.5) is 0 Å². The van der Waals surface area contributed by atoms with E-state index in [0.29, 0.717) is 5.82 Å². The van der Waals surface area contributed by atoms with Gasteiger partial charge in [0.2, 0.25) is 11.7 Å². The number of hydrogen-bond donors (Lipinski definition) is 1. The molecule has 0 saturated heterocycles. The summed E-state index contributed by atoms with van der Waals surface area (Å²) in [7, 11) is 0. The van der Waals surface area contributed by atoms with Crippen LogP contribution in [0, 0.1) is 6.92 Å². The Morgan fingerprint density at radius 3 is 3.06 bits per heavy atom. The highest BCUT2D eigenvalue weighted by Gasteiger charge is 2.12. The van der Waals surface area contributed by atoms with Crippen molar-refractivity contribution in [3.05, 3.63) is 29.9 Å². The van der Waals surface area contributed by atoms with Crippen molar-refractivity contribution in [1.29, 1.82) is 0 Å². The number of nitrogens with zero attached hydrogens (tertiary/aromatic N) is 3. The molecule has 0 aliphatic heterocycles. The van der Waals surface area contributed by atoms with Gasteiger partial charge in [0.15, 0.2) is 0 Å². The highest BCUT2D eigenvalue weighted by molar-refractivity contribution is 5.69. The van der Waals surface area contributed by atoms with Crippen molar-refractivity contribution < 1.29 is 14.4 Å². The lowest BCUT2D eigenvalue weighted by Gasteiger charge is -1.97. The molecular formula is C10H9N3O3. The van der Waals surface area contributed by atoms with Crippen LogP contribution in [-0.4, -0.2) is 26.2 Å². The Bertz CT molecular complexity index is 522. The smallest absolute Gasteiger partial charge is 0.312 e. The quantitative estimate of drug-likeness (QED) is 0.830. The van der Waals surface area contributed by atoms with Crippen LogP contribution < -0.4 is 0 Å². The summed E-state index contributed by atoms with van der Waals surface area (Å²) in [6, 6.07) is 1.75. The van der Waals surface area contributed by atoms with Gasteiger partial charge in [0.05, 0.1) is 0 Å². The molecule has 0 aliphatic rings. The molecule has 82 valence electrons. The van der Waals surface area contributed by atoms with Crippen LogP contribution in [0.25, 0.3) is 11.4 Å². The van der Waals surface area contributed by atoms with Crippen molar-refractivity contribution in [3.63, 3.8) is 0 Å². The number of pyridine rings is 1. The predicted octanol–water partition coefficient (Wildman–Crippen LogP) is 1.07. The minimum atomic E-state index is -0.998. The lowest BCUT2D eigenvalue weighted by atomic mass is 10.1. The lowest BCUT2D eigenvalue weighted by molar-refractivity contribution is -0.136. The molecule has 2 heterocycles. The highest BCUT2D eigenvalue weighted by Crippen LogP contribution is 2.18. The maximum atomic E-state index is 10.4. The van der Waals surface area contributed by atoms with Gasteiger partial charge in [-0.1, -0.05) is 5.16 Å². The number of aromatic nitrogens is 3. The summed E-state index contributed by atoms with van der Waals surface area (Å²) in [5, 5.41) is 12.3. The number of aliphatic carboxylic acids is 1. The molecule has 0 amide bonds. The van der Waals surface area contributed by atoms with E-state index >= 15 is 0 Å². The van der Waals surface area contributed by atoms with Crippen LogP contribution in [0.3, 0.4) is 0 Å². The van der Waals surface area contributed by atoms with Crippen LogP contribution >= 0.6 is 0 Å². The maximum absolute atomic E-state index is 10.4. The molecule has 6 heteroatoms. The summed E-state index contributed by atoms with van der Waals surface area (Å²) in [6.07, 6.45) is 3.04. The summed E-state index contributed by atoms with van der Waals surface area (Å²) < 4.78 is 4.82. The average Bonchev–Trinajstić information content (AvgIpc) is 2.66. The summed E-state index contributed by atoms with van der Waals surface area (Å²) in [4.78, 5) is 18.4. The number of carbonyl (C=O) groups is 1. The zero-order valence-corrected chi connectivity index (χ0v) is 8.54. The van der Waals surface area contributed by atoms with Crippen LogP contribution in [-0.2, 0) is 11.2 Å². The topological polar surface area (TPSA) is 89.1 Å². The third kappa shape index (κ3) is 2.05. The Labute approximate surface area is 90.9 Å². The van der Waals surface area contributed by atoms with Gasteiger partial charge in [-0.25, -0.2) is 0 Å². The normalized spacial score (nSPS) is 10.3. The molecule has 2 aromatic rings. The molecule has 0 saturated carbocycles. The predicted molar refractivity (Wildman–Crippen MR) is 53.6 cm³/mol. The fourth-order valence-corrected chi connectivity index (χ4v) is 1.29. The Morgan fingerprint density at radius 2 is 2.38 bits per heavy atom. The molecule has 1 N–H and O–H groups in total. The van der Waals surface area contributed by atoms with E-state index in [9.17, 15) is 4.79 Å². The number of aryl methyl sites for hydroxylation is 1. The Hall–Kier alpha value is -2.24. The Balaban J connectivity index is 2.32. The molecule has 2 aromatic heterocycles. The number of carboxylic acid groups (broad SMARTS) is 1. The van der Waals surface area contributed by atoms with Gasteiger partial charge in [-0.15, -0.1) is 0 Å². The first-order valence-corrected chi connectivity index (χ1v) is 4.62. The van der Waals surface area contributed by atoms with Gasteiger partial charge in [-0.3, -0.25) is 9.78 Å². The number of carboxylic acids is 1. The van der Waals surface area contributed by atoms with E-state index in [4.69, 9.17) is 9.63 Å². The SMILES string of the molecule is Cc1cnccc1-c1noc(CC(=O)O)n1. The molecule has 6 nitrogen and oxygen atoms in total. The van der Waals surface area contributed by atoms with Crippen molar-refractivity contribution in [2.24, 2.45) is 0 Å². The van der Waals surface area contributed by atoms with E-state index in [0.717, 1.165) is 11.1 Å². The summed E-state index contributed by atoms with van der Waals surface area (Å²) in [5.74, 6) is -0.517. The third-order valence-electron chi connectivity index (χ3n) is 2.03. The molecule has 0 radical (unpaired) electrons. The van der Waals surface area contributed by atoms with Crippen molar-refractivity contribution in [2.75, 3.05) is 0 Å². The largest absolute Gasteiger partial charge is 0.481 e. The van der Waals surface area contributed by atoms with E-state index in [1.54, 1.807) is 18.5 Å². The van der Waals surface area contributed by atoms with E-state index in [2.05, 4.69) is 15.1 Å². The Kier molecular flexibility index (Phi) is 2.63. The molecule has 0 bridgehead atoms. The fourth-order valence-electron chi connectivity index (χ4n) is 1.29. The van der Waals surface area contributed by atoms with Gasteiger partial charge in [0.25, 0.3) is 0 Å². The Morgan fingerprint density at radius 1 is 1.56 bits per heavy atom. The van der Waals surface area contributed by atoms with Crippen LogP contribution in [0.1, 0.15) is 11.5 Å². The van der Waals surface area contributed by atoms with E-state index in [-0.39, 0.29) is 12.3 Å². The second-order valence-electron chi connectivity index (χ2n) is 3.27. The second-order valence-corrected chi connectivity index (χ2v) is 3.27. The fraction of sp³-hybridized carbons (Fsp3) is 0.200. The van der Waals surface area contributed by atoms with Crippen LogP contribution in [0.15, 0.2) is 23.0 Å². The lowest BCUT2D eigenvalue weighted by Crippen LogP contribution is -1.99. The van der Waals surface area contributed by atoms with Crippen LogP contribution in [0.2, 0.25) is 0 Å². The van der Waals surface area contributed by atoms with E-state index < -0.39 is 5.97 Å². The molecule has 0 fully saturated rings. The first-order valence-electron chi connectivity index (χ1n) is 4.62. The van der Waals surface area contributed by atoms with Gasteiger partial charge in [-0.05, 0) is 18.6 Å². The van der Waals surface area contributed by atoms with Gasteiger partial charge in [-0.2, -0.15) is 4.98 Å². The molecule has 0 spiro atoms. The molecule has 16 heavy (non-hydrogen) atoms. The van der Waals surface area contributed by atoms with Crippen LogP contribution in [0.5, 0.6) is 0 Å². The zero-order valence-electron chi connectivity index (χ0n) is 8.54. The number of hydrogen-bond acceptors (Lipinski definition) is 5.